The lowest BCUT2D eigenvalue weighted by Crippen LogP contribution is -2.36. The predicted octanol–water partition coefficient (Wildman–Crippen LogP) is 5.47. The third kappa shape index (κ3) is 6.64. The van der Waals surface area contributed by atoms with Crippen LogP contribution in [-0.2, 0) is 19.3 Å². The monoisotopic (exact) mass is 567 g/mol. The van der Waals surface area contributed by atoms with Crippen LogP contribution in [0, 0.1) is 6.92 Å². The molecular formula is C19H21F3IN5S2. The van der Waals surface area contributed by atoms with E-state index in [0.29, 0.717) is 24.1 Å². The van der Waals surface area contributed by atoms with Crippen LogP contribution in [-0.4, -0.2) is 22.5 Å². The van der Waals surface area contributed by atoms with Crippen molar-refractivity contribution in [3.05, 3.63) is 57.0 Å². The Morgan fingerprint density at radius 1 is 1.13 bits per heavy atom. The van der Waals surface area contributed by atoms with Gasteiger partial charge in [0.05, 0.1) is 18.8 Å². The minimum atomic E-state index is -4.42. The lowest BCUT2D eigenvalue weighted by atomic mass is 10.2. The fourth-order valence-corrected chi connectivity index (χ4v) is 4.19. The molecule has 0 amide bonds. The van der Waals surface area contributed by atoms with Crippen LogP contribution in [0.25, 0.3) is 10.6 Å². The second-order valence-electron chi connectivity index (χ2n) is 6.07. The van der Waals surface area contributed by atoms with Crippen molar-refractivity contribution >= 4 is 52.6 Å². The highest BCUT2D eigenvalue weighted by atomic mass is 127. The van der Waals surface area contributed by atoms with E-state index in [9.17, 15) is 13.2 Å². The molecule has 0 atom stereocenters. The van der Waals surface area contributed by atoms with Crippen molar-refractivity contribution in [1.82, 2.24) is 20.6 Å². The molecule has 0 unspecified atom stereocenters. The number of rotatable bonds is 6. The Bertz CT molecular complexity index is 970. The van der Waals surface area contributed by atoms with E-state index in [-0.39, 0.29) is 30.5 Å². The average Bonchev–Trinajstić information content (AvgIpc) is 3.31. The summed E-state index contributed by atoms with van der Waals surface area (Å²) in [7, 11) is 0. The van der Waals surface area contributed by atoms with Crippen molar-refractivity contribution in [2.75, 3.05) is 6.54 Å². The SMILES string of the molecule is CCNC(=NCc1sc(-c2ccccc2)nc1C)NCc1nc(C(F)(F)F)cs1.I. The van der Waals surface area contributed by atoms with Gasteiger partial charge in [-0.15, -0.1) is 46.7 Å². The van der Waals surface area contributed by atoms with Crippen molar-refractivity contribution in [1.29, 1.82) is 0 Å². The van der Waals surface area contributed by atoms with Crippen LogP contribution in [0.3, 0.4) is 0 Å². The first-order chi connectivity index (χ1) is 13.9. The molecule has 2 N–H and O–H groups in total. The number of alkyl halides is 3. The fourth-order valence-electron chi connectivity index (χ4n) is 2.45. The largest absolute Gasteiger partial charge is 0.434 e. The van der Waals surface area contributed by atoms with Gasteiger partial charge in [-0.25, -0.2) is 15.0 Å². The summed E-state index contributed by atoms with van der Waals surface area (Å²) in [6.07, 6.45) is -4.42. The van der Waals surface area contributed by atoms with Crippen LogP contribution in [0.4, 0.5) is 13.2 Å². The van der Waals surface area contributed by atoms with E-state index in [2.05, 4.69) is 25.6 Å². The molecule has 0 saturated heterocycles. The van der Waals surface area contributed by atoms with Gasteiger partial charge in [-0.05, 0) is 13.8 Å². The van der Waals surface area contributed by atoms with Gasteiger partial charge in [-0.2, -0.15) is 13.2 Å². The zero-order valence-corrected chi connectivity index (χ0v) is 20.2. The molecule has 5 nitrogen and oxygen atoms in total. The van der Waals surface area contributed by atoms with Crippen molar-refractivity contribution in [2.45, 2.75) is 33.1 Å². The van der Waals surface area contributed by atoms with E-state index in [1.165, 1.54) is 0 Å². The summed E-state index contributed by atoms with van der Waals surface area (Å²) in [6, 6.07) is 9.93. The zero-order chi connectivity index (χ0) is 20.9. The molecule has 1 aromatic carbocycles. The standard InChI is InChI=1S/C19H20F3N5S2.HI/c1-3-23-18(25-10-16-27-15(11-28-16)19(20,21)22)24-9-14-12(2)26-17(29-14)13-7-5-4-6-8-13;/h4-8,11H,3,9-10H2,1-2H3,(H2,23,24,25);1H. The molecule has 2 heterocycles. The number of aliphatic imine (C=N–C) groups is 1. The van der Waals surface area contributed by atoms with E-state index in [4.69, 9.17) is 0 Å². The number of aromatic nitrogens is 2. The first-order valence-electron chi connectivity index (χ1n) is 8.92. The number of guanidine groups is 1. The number of hydrogen-bond acceptors (Lipinski definition) is 5. The minimum Gasteiger partial charge on any atom is -0.357 e. The van der Waals surface area contributed by atoms with Gasteiger partial charge in [0.1, 0.15) is 10.0 Å². The third-order valence-corrected chi connectivity index (χ3v) is 5.93. The average molecular weight is 567 g/mol. The quantitative estimate of drug-likeness (QED) is 0.236. The third-order valence-electron chi connectivity index (χ3n) is 3.89. The number of benzene rings is 1. The maximum absolute atomic E-state index is 12.7. The van der Waals surface area contributed by atoms with Crippen molar-refractivity contribution < 1.29 is 13.2 Å². The summed E-state index contributed by atoms with van der Waals surface area (Å²) in [5.74, 6) is 0.519. The molecule has 0 spiro atoms. The maximum atomic E-state index is 12.7. The Morgan fingerprint density at radius 2 is 1.87 bits per heavy atom. The Morgan fingerprint density at radius 3 is 2.50 bits per heavy atom. The minimum absolute atomic E-state index is 0. The predicted molar refractivity (Wildman–Crippen MR) is 126 cm³/mol. The number of aryl methyl sites for hydroxylation is 1. The Hall–Kier alpha value is -1.73. The molecule has 0 radical (unpaired) electrons. The van der Waals surface area contributed by atoms with Crippen molar-refractivity contribution in [2.24, 2.45) is 4.99 Å². The van der Waals surface area contributed by atoms with Gasteiger partial charge in [-0.3, -0.25) is 0 Å². The number of nitrogens with zero attached hydrogens (tertiary/aromatic N) is 3. The molecule has 0 aliphatic carbocycles. The first kappa shape index (κ1) is 24.5. The molecule has 11 heteroatoms. The molecule has 3 aromatic rings. The van der Waals surface area contributed by atoms with Crippen LogP contribution in [0.2, 0.25) is 0 Å². The summed E-state index contributed by atoms with van der Waals surface area (Å²) in [4.78, 5) is 13.8. The normalized spacial score (nSPS) is 11.8. The van der Waals surface area contributed by atoms with Gasteiger partial charge in [-0.1, -0.05) is 30.3 Å². The Balaban J connectivity index is 0.00000320. The van der Waals surface area contributed by atoms with Crippen molar-refractivity contribution in [3.63, 3.8) is 0 Å². The fraction of sp³-hybridized carbons (Fsp3) is 0.316. The summed E-state index contributed by atoms with van der Waals surface area (Å²) in [6.45, 7) is 5.10. The number of hydrogen-bond donors (Lipinski definition) is 2. The molecule has 162 valence electrons. The van der Waals surface area contributed by atoms with Gasteiger partial charge >= 0.3 is 6.18 Å². The summed E-state index contributed by atoms with van der Waals surface area (Å²) in [5.41, 5.74) is 1.11. The number of halogens is 4. The van der Waals surface area contributed by atoms with Crippen LogP contribution in [0.1, 0.15) is 28.2 Å². The van der Waals surface area contributed by atoms with E-state index in [0.717, 1.165) is 37.9 Å². The highest BCUT2D eigenvalue weighted by molar-refractivity contribution is 14.0. The topological polar surface area (TPSA) is 62.2 Å². The van der Waals surface area contributed by atoms with Gasteiger partial charge in [0.15, 0.2) is 11.7 Å². The summed E-state index contributed by atoms with van der Waals surface area (Å²) in [5, 5.41) is 8.44. The van der Waals surface area contributed by atoms with E-state index in [1.54, 1.807) is 11.3 Å². The van der Waals surface area contributed by atoms with Gasteiger partial charge in [0, 0.05) is 22.4 Å². The molecular weight excluding hydrogens is 546 g/mol. The van der Waals surface area contributed by atoms with Crippen LogP contribution in [0.5, 0.6) is 0 Å². The number of nitrogens with one attached hydrogen (secondary N) is 2. The summed E-state index contributed by atoms with van der Waals surface area (Å²) < 4.78 is 38.0. The maximum Gasteiger partial charge on any atom is 0.434 e. The molecule has 30 heavy (non-hydrogen) atoms. The second-order valence-corrected chi connectivity index (χ2v) is 8.09. The van der Waals surface area contributed by atoms with E-state index in [1.807, 2.05) is 44.2 Å². The summed E-state index contributed by atoms with van der Waals surface area (Å²) >= 11 is 2.55. The molecule has 0 bridgehead atoms. The second kappa shape index (κ2) is 11.0. The lowest BCUT2D eigenvalue weighted by molar-refractivity contribution is -0.140. The van der Waals surface area contributed by atoms with E-state index >= 15 is 0 Å². The van der Waals surface area contributed by atoms with Gasteiger partial charge in [0.25, 0.3) is 0 Å². The smallest absolute Gasteiger partial charge is 0.357 e. The molecule has 0 fully saturated rings. The molecule has 0 aliphatic rings. The molecule has 0 aliphatic heterocycles. The van der Waals surface area contributed by atoms with Gasteiger partial charge in [0.2, 0.25) is 0 Å². The Labute approximate surface area is 197 Å². The van der Waals surface area contributed by atoms with E-state index < -0.39 is 11.9 Å². The zero-order valence-electron chi connectivity index (χ0n) is 16.3. The highest BCUT2D eigenvalue weighted by Crippen LogP contribution is 2.30. The molecule has 2 aromatic heterocycles. The molecule has 0 saturated carbocycles. The molecule has 3 rings (SSSR count). The Kier molecular flexibility index (Phi) is 9.04. The van der Waals surface area contributed by atoms with Crippen LogP contribution >= 0.6 is 46.7 Å². The van der Waals surface area contributed by atoms with Crippen LogP contribution in [0.15, 0.2) is 40.7 Å². The van der Waals surface area contributed by atoms with Crippen molar-refractivity contribution in [3.8, 4) is 10.6 Å². The van der Waals surface area contributed by atoms with Crippen LogP contribution < -0.4 is 10.6 Å². The lowest BCUT2D eigenvalue weighted by Gasteiger charge is -2.09. The van der Waals surface area contributed by atoms with Gasteiger partial charge < -0.3 is 10.6 Å². The first-order valence-corrected chi connectivity index (χ1v) is 10.6. The highest BCUT2D eigenvalue weighted by Gasteiger charge is 2.33. The number of thiazole rings is 2.